The van der Waals surface area contributed by atoms with Gasteiger partial charge in [-0.05, 0) is 66.0 Å². The number of carbonyl (C=O) groups is 2. The molecular formula is C26H44N6O5Si. The second kappa shape index (κ2) is 11.7. The van der Waals surface area contributed by atoms with Gasteiger partial charge in [0, 0.05) is 32.0 Å². The molecule has 1 aromatic rings. The maximum absolute atomic E-state index is 13.3. The molecule has 0 spiro atoms. The molecule has 212 valence electrons. The minimum absolute atomic E-state index is 0.0789. The first-order valence-corrected chi connectivity index (χ1v) is 16.8. The number of hydrogen-bond donors (Lipinski definition) is 0. The van der Waals surface area contributed by atoms with Crippen LogP contribution in [0.15, 0.2) is 23.7 Å². The number of aromatic nitrogens is 2. The Hall–Kier alpha value is -2.44. The summed E-state index contributed by atoms with van der Waals surface area (Å²) in [7, 11) is -2.23. The average molecular weight is 549 g/mol. The number of aliphatic imine (C=N–C) groups is 1. The number of piperidine rings is 2. The van der Waals surface area contributed by atoms with Crippen LogP contribution in [0.25, 0.3) is 0 Å². The summed E-state index contributed by atoms with van der Waals surface area (Å²) in [4.78, 5) is 42.6. The first-order chi connectivity index (χ1) is 18.0. The zero-order valence-corrected chi connectivity index (χ0v) is 24.8. The third-order valence-corrected chi connectivity index (χ3v) is 9.87. The van der Waals surface area contributed by atoms with Crippen molar-refractivity contribution in [2.45, 2.75) is 103 Å². The van der Waals surface area contributed by atoms with Crippen LogP contribution in [-0.4, -0.2) is 101 Å². The molecule has 3 aliphatic heterocycles. The normalized spacial score (nSPS) is 25.2. The van der Waals surface area contributed by atoms with Gasteiger partial charge in [0.05, 0.1) is 24.7 Å². The number of hydrogen-bond acceptors (Lipinski definition) is 8. The summed E-state index contributed by atoms with van der Waals surface area (Å²) in [5.74, 6) is 0.829. The largest absolute Gasteiger partial charge is 0.519 e. The van der Waals surface area contributed by atoms with E-state index in [-0.39, 0.29) is 30.2 Å². The van der Waals surface area contributed by atoms with E-state index in [0.717, 1.165) is 44.4 Å². The Morgan fingerprint density at radius 2 is 1.95 bits per heavy atom. The minimum Gasteiger partial charge on any atom is -0.519 e. The number of ether oxygens (including phenoxy) is 1. The molecule has 0 N–H and O–H groups in total. The molecular weight excluding hydrogens is 504 g/mol. The third-order valence-electron chi connectivity index (χ3n) is 7.29. The lowest BCUT2D eigenvalue weighted by Crippen LogP contribution is -2.59. The molecule has 3 fully saturated rings. The first kappa shape index (κ1) is 28.6. The van der Waals surface area contributed by atoms with Crippen molar-refractivity contribution in [3.05, 3.63) is 18.7 Å². The predicted molar refractivity (Wildman–Crippen MR) is 146 cm³/mol. The highest BCUT2D eigenvalue weighted by atomic mass is 28.4. The summed E-state index contributed by atoms with van der Waals surface area (Å²) in [5, 5.41) is 1.56. The van der Waals surface area contributed by atoms with Crippen LogP contribution in [-0.2, 0) is 14.0 Å². The van der Waals surface area contributed by atoms with Gasteiger partial charge in [0.1, 0.15) is 11.9 Å². The van der Waals surface area contributed by atoms with Crippen molar-refractivity contribution >= 4 is 26.5 Å². The highest BCUT2D eigenvalue weighted by molar-refractivity contribution is 6.71. The number of nitrogens with zero attached hydrogens (tertiary/aromatic N) is 6. The van der Waals surface area contributed by atoms with E-state index in [1.165, 1.54) is 10.9 Å². The van der Waals surface area contributed by atoms with Gasteiger partial charge in [-0.2, -0.15) is 5.06 Å². The summed E-state index contributed by atoms with van der Waals surface area (Å²) < 4.78 is 16.0. The van der Waals surface area contributed by atoms with E-state index >= 15 is 0 Å². The summed E-state index contributed by atoms with van der Waals surface area (Å²) >= 11 is 0. The molecule has 3 saturated heterocycles. The second-order valence-corrected chi connectivity index (χ2v) is 15.6. The monoisotopic (exact) mass is 548 g/mol. The second-order valence-electron chi connectivity index (χ2n) is 11.9. The van der Waals surface area contributed by atoms with E-state index in [9.17, 15) is 9.59 Å². The van der Waals surface area contributed by atoms with E-state index in [2.05, 4.69) is 29.6 Å². The van der Waals surface area contributed by atoms with Gasteiger partial charge in [-0.25, -0.2) is 14.6 Å². The van der Waals surface area contributed by atoms with Gasteiger partial charge < -0.3 is 14.1 Å². The van der Waals surface area contributed by atoms with Crippen LogP contribution < -0.4 is 0 Å². The van der Waals surface area contributed by atoms with Crippen LogP contribution in [0.5, 0.6) is 0 Å². The van der Waals surface area contributed by atoms with Crippen molar-refractivity contribution in [2.75, 3.05) is 26.2 Å². The van der Waals surface area contributed by atoms with E-state index in [0.29, 0.717) is 26.2 Å². The van der Waals surface area contributed by atoms with Crippen LogP contribution in [0.3, 0.4) is 0 Å². The van der Waals surface area contributed by atoms with E-state index in [1.807, 2.05) is 20.8 Å². The van der Waals surface area contributed by atoms with Crippen LogP contribution in [0, 0.1) is 0 Å². The molecule has 0 aromatic carbocycles. The fourth-order valence-electron chi connectivity index (χ4n) is 5.28. The lowest BCUT2D eigenvalue weighted by atomic mass is 9.99. The molecule has 0 radical (unpaired) electrons. The molecule has 4 heterocycles. The van der Waals surface area contributed by atoms with Gasteiger partial charge in [-0.3, -0.25) is 19.0 Å². The van der Waals surface area contributed by atoms with E-state index in [4.69, 9.17) is 19.0 Å². The number of likely N-dealkylation sites (tertiary alicyclic amines) is 1. The average Bonchev–Trinajstić information content (AvgIpc) is 3.48. The summed E-state index contributed by atoms with van der Waals surface area (Å²) in [6.45, 7) is 14.6. The molecule has 3 aliphatic rings. The van der Waals surface area contributed by atoms with Crippen molar-refractivity contribution in [3.8, 4) is 0 Å². The van der Waals surface area contributed by atoms with Crippen molar-refractivity contribution in [1.82, 2.24) is 24.1 Å². The summed E-state index contributed by atoms with van der Waals surface area (Å²) in [5.41, 5.74) is -0.496. The predicted octanol–water partition coefficient (Wildman–Crippen LogP) is 4.25. The zero-order chi connectivity index (χ0) is 27.5. The Morgan fingerprint density at radius 1 is 1.21 bits per heavy atom. The lowest BCUT2D eigenvalue weighted by Gasteiger charge is -2.41. The van der Waals surface area contributed by atoms with Crippen molar-refractivity contribution in [2.24, 2.45) is 4.99 Å². The molecule has 0 aliphatic carbocycles. The van der Waals surface area contributed by atoms with Crippen molar-refractivity contribution in [3.63, 3.8) is 0 Å². The molecule has 12 heteroatoms. The van der Waals surface area contributed by atoms with Gasteiger partial charge in [0.15, 0.2) is 5.90 Å². The third kappa shape index (κ3) is 6.76. The Labute approximate surface area is 227 Å². The minimum atomic E-state index is -2.23. The lowest BCUT2D eigenvalue weighted by molar-refractivity contribution is -0.153. The van der Waals surface area contributed by atoms with Gasteiger partial charge in [0.2, 0.25) is 0 Å². The van der Waals surface area contributed by atoms with Crippen molar-refractivity contribution in [1.29, 1.82) is 0 Å². The molecule has 2 atom stereocenters. The van der Waals surface area contributed by atoms with Gasteiger partial charge >= 0.3 is 20.6 Å². The molecule has 0 bridgehead atoms. The number of hydroxylamine groups is 2. The maximum Gasteiger partial charge on any atom is 0.410 e. The molecule has 4 rings (SSSR count). The fraction of sp³-hybridized carbons (Fsp3) is 0.769. The highest BCUT2D eigenvalue weighted by Crippen LogP contribution is 2.35. The van der Waals surface area contributed by atoms with Crippen LogP contribution in [0.2, 0.25) is 13.1 Å². The van der Waals surface area contributed by atoms with Crippen LogP contribution >= 0.6 is 0 Å². The molecule has 11 nitrogen and oxygen atoms in total. The Balaban J connectivity index is 1.41. The Kier molecular flexibility index (Phi) is 8.83. The molecule has 38 heavy (non-hydrogen) atoms. The first-order valence-electron chi connectivity index (χ1n) is 13.9. The highest BCUT2D eigenvalue weighted by Gasteiger charge is 2.52. The number of rotatable bonds is 6. The topological polar surface area (TPSA) is 102 Å². The number of carbonyl (C=O) groups excluding carboxylic acids is 2. The maximum atomic E-state index is 13.3. The van der Waals surface area contributed by atoms with Gasteiger partial charge in [0.25, 0.3) is 0 Å². The molecule has 2 amide bonds. The number of amides is 2. The standard InChI is InChI=1S/C26H44N6O5Si/c1-7-8-17-35-32(24(33)30-16-13-27-19-30)21-9-10-22-23(37-38(5,6)31(22)18-21)28-20-11-14-29(15-12-20)25(34)36-26(2,3)4/h13,16,19-22H,7-12,14-15,17-18H2,1-6H3/b28-23-/t21-,22+/m1/s1. The molecule has 0 saturated carbocycles. The number of unbranched alkanes of at least 4 members (excludes halogenated alkanes) is 1. The van der Waals surface area contributed by atoms with E-state index in [1.54, 1.807) is 22.4 Å². The van der Waals surface area contributed by atoms with E-state index < -0.39 is 14.1 Å². The number of imidazole rings is 1. The SMILES string of the molecule is CCCCON(C(=O)n1ccnc1)[C@@H]1CC[C@H]2/C(=N/C3CCN(C(=O)OC(C)(C)C)CC3)O[Si](C)(C)N2C1. The Bertz CT molecular complexity index is 987. The van der Waals surface area contributed by atoms with Gasteiger partial charge in [-0.15, -0.1) is 0 Å². The van der Waals surface area contributed by atoms with Gasteiger partial charge in [-0.1, -0.05) is 13.3 Å². The van der Waals surface area contributed by atoms with Crippen LogP contribution in [0.4, 0.5) is 9.59 Å². The van der Waals surface area contributed by atoms with Crippen LogP contribution in [0.1, 0.15) is 66.2 Å². The summed E-state index contributed by atoms with van der Waals surface area (Å²) in [6.07, 6.45) is 9.64. The molecule has 1 aromatic heterocycles. The fourth-order valence-corrected chi connectivity index (χ4v) is 7.74. The quantitative estimate of drug-likeness (QED) is 0.298. The molecule has 0 unspecified atom stereocenters. The Morgan fingerprint density at radius 3 is 2.58 bits per heavy atom. The summed E-state index contributed by atoms with van der Waals surface area (Å²) in [6, 6.07) is -0.0439. The number of fused-ring (bicyclic) bond motifs is 1. The van der Waals surface area contributed by atoms with Crippen molar-refractivity contribution < 1.29 is 23.6 Å². The smallest absolute Gasteiger partial charge is 0.410 e. The zero-order valence-electron chi connectivity index (χ0n) is 23.8.